The standard InChI is InChI=1S/C29H48O3/c1-18(2)9-7-10-19(3)21-12-13-22-26-23(14-16-27(21,22)5)28(6)15-8-11-25-29(28,32-25)17-24(26)31-20(4)30/h18-19,21-26H,7-17H2,1-6H3/t19-,21-,22+,23+,24-,25-,26+,27-,28-,29-/m1/s1. The Hall–Kier alpha value is -0.570. The fourth-order valence-electron chi connectivity index (χ4n) is 10.0. The van der Waals surface area contributed by atoms with Crippen molar-refractivity contribution in [2.75, 3.05) is 0 Å². The molecular weight excluding hydrogens is 396 g/mol. The molecule has 0 N–H and O–H groups in total. The number of ether oxygens (including phenoxy) is 2. The first-order valence-electron chi connectivity index (χ1n) is 14.0. The molecule has 4 saturated carbocycles. The van der Waals surface area contributed by atoms with E-state index in [1.807, 2.05) is 0 Å². The minimum atomic E-state index is -0.0920. The zero-order valence-corrected chi connectivity index (χ0v) is 21.6. The summed E-state index contributed by atoms with van der Waals surface area (Å²) in [6.07, 6.45) is 14.7. The molecule has 182 valence electrons. The third kappa shape index (κ3) is 3.34. The molecule has 1 heterocycles. The number of carbonyl (C=O) groups is 1. The van der Waals surface area contributed by atoms with Crippen molar-refractivity contribution in [3.05, 3.63) is 0 Å². The second-order valence-electron chi connectivity index (χ2n) is 13.5. The molecule has 1 saturated heterocycles. The lowest BCUT2D eigenvalue weighted by atomic mass is 9.43. The summed E-state index contributed by atoms with van der Waals surface area (Å²) in [5.74, 6) is 4.25. The summed E-state index contributed by atoms with van der Waals surface area (Å²) >= 11 is 0. The summed E-state index contributed by atoms with van der Waals surface area (Å²) in [7, 11) is 0. The van der Waals surface area contributed by atoms with E-state index in [1.54, 1.807) is 6.92 Å². The summed E-state index contributed by atoms with van der Waals surface area (Å²) in [4.78, 5) is 12.2. The number of hydrogen-bond donors (Lipinski definition) is 0. The number of fused-ring (bicyclic) bond motifs is 4. The number of epoxide rings is 1. The molecule has 3 heteroatoms. The molecule has 0 aromatic heterocycles. The van der Waals surface area contributed by atoms with Crippen molar-refractivity contribution in [2.45, 2.75) is 130 Å². The van der Waals surface area contributed by atoms with Gasteiger partial charge in [0.15, 0.2) is 0 Å². The van der Waals surface area contributed by atoms with Crippen LogP contribution in [0.5, 0.6) is 0 Å². The van der Waals surface area contributed by atoms with Crippen LogP contribution in [0.1, 0.15) is 112 Å². The lowest BCUT2D eigenvalue weighted by Crippen LogP contribution is -2.62. The highest BCUT2D eigenvalue weighted by Crippen LogP contribution is 2.74. The lowest BCUT2D eigenvalue weighted by molar-refractivity contribution is -0.189. The van der Waals surface area contributed by atoms with Crippen molar-refractivity contribution in [3.8, 4) is 0 Å². The van der Waals surface area contributed by atoms with E-state index >= 15 is 0 Å². The zero-order valence-electron chi connectivity index (χ0n) is 21.6. The smallest absolute Gasteiger partial charge is 0.302 e. The molecule has 0 unspecified atom stereocenters. The van der Waals surface area contributed by atoms with E-state index in [4.69, 9.17) is 9.47 Å². The van der Waals surface area contributed by atoms with Crippen LogP contribution >= 0.6 is 0 Å². The van der Waals surface area contributed by atoms with Gasteiger partial charge in [-0.2, -0.15) is 0 Å². The van der Waals surface area contributed by atoms with Crippen LogP contribution in [-0.2, 0) is 14.3 Å². The van der Waals surface area contributed by atoms with Gasteiger partial charge in [-0.1, -0.05) is 60.3 Å². The molecular formula is C29H48O3. The normalized spacial score (nSPS) is 50.1. The van der Waals surface area contributed by atoms with Gasteiger partial charge in [-0.05, 0) is 73.5 Å². The van der Waals surface area contributed by atoms with Crippen LogP contribution in [0.3, 0.4) is 0 Å². The number of carbonyl (C=O) groups excluding carboxylic acids is 1. The first kappa shape index (κ1) is 23.2. The fourth-order valence-corrected chi connectivity index (χ4v) is 10.0. The molecule has 0 aromatic rings. The van der Waals surface area contributed by atoms with Gasteiger partial charge in [-0.25, -0.2) is 0 Å². The van der Waals surface area contributed by atoms with Crippen LogP contribution in [0.25, 0.3) is 0 Å². The first-order chi connectivity index (χ1) is 15.1. The van der Waals surface area contributed by atoms with E-state index in [9.17, 15) is 4.79 Å². The number of rotatable bonds is 6. The predicted octanol–water partition coefficient (Wildman–Crippen LogP) is 7.17. The highest BCUT2D eigenvalue weighted by atomic mass is 16.6. The molecule has 0 radical (unpaired) electrons. The Bertz CT molecular complexity index is 732. The molecule has 5 aliphatic rings. The van der Waals surface area contributed by atoms with E-state index in [0.29, 0.717) is 29.3 Å². The van der Waals surface area contributed by atoms with Gasteiger partial charge in [-0.3, -0.25) is 4.79 Å². The summed E-state index contributed by atoms with van der Waals surface area (Å²) in [5, 5.41) is 0. The summed E-state index contributed by atoms with van der Waals surface area (Å²) < 4.78 is 12.7. The fraction of sp³-hybridized carbons (Fsp3) is 0.966. The summed E-state index contributed by atoms with van der Waals surface area (Å²) in [5.41, 5.74) is 0.693. The van der Waals surface area contributed by atoms with Crippen LogP contribution in [0.2, 0.25) is 0 Å². The third-order valence-corrected chi connectivity index (χ3v) is 11.5. The van der Waals surface area contributed by atoms with Crippen molar-refractivity contribution in [2.24, 2.45) is 46.3 Å². The van der Waals surface area contributed by atoms with Gasteiger partial charge >= 0.3 is 5.97 Å². The second kappa shape index (κ2) is 7.99. The second-order valence-corrected chi connectivity index (χ2v) is 13.5. The maximum absolute atomic E-state index is 12.2. The van der Waals surface area contributed by atoms with Crippen molar-refractivity contribution < 1.29 is 14.3 Å². The molecule has 1 aliphatic heterocycles. The Morgan fingerprint density at radius 3 is 2.53 bits per heavy atom. The third-order valence-electron chi connectivity index (χ3n) is 11.5. The SMILES string of the molecule is CC(=O)O[C@@H]1C[C@@]23O[C@@H]2CCC[C@]3(C)[C@H]2CC[C@]3(C)[C@@H]([C@H](C)CCCC(C)C)CC[C@H]3[C@H]12. The molecule has 1 spiro atoms. The Kier molecular flexibility index (Phi) is 5.79. The largest absolute Gasteiger partial charge is 0.462 e. The lowest BCUT2D eigenvalue weighted by Gasteiger charge is -2.61. The minimum absolute atomic E-state index is 0.00240. The highest BCUT2D eigenvalue weighted by Gasteiger charge is 2.76. The Morgan fingerprint density at radius 1 is 1.03 bits per heavy atom. The van der Waals surface area contributed by atoms with Crippen LogP contribution in [0, 0.1) is 46.3 Å². The first-order valence-corrected chi connectivity index (χ1v) is 14.0. The average Bonchev–Trinajstić information content (AvgIpc) is 3.31. The van der Waals surface area contributed by atoms with Crippen molar-refractivity contribution in [1.82, 2.24) is 0 Å². The molecule has 32 heavy (non-hydrogen) atoms. The predicted molar refractivity (Wildman–Crippen MR) is 128 cm³/mol. The van der Waals surface area contributed by atoms with Crippen LogP contribution < -0.4 is 0 Å². The molecule has 4 aliphatic carbocycles. The van der Waals surface area contributed by atoms with Gasteiger partial charge in [0.2, 0.25) is 0 Å². The maximum atomic E-state index is 12.2. The monoisotopic (exact) mass is 444 g/mol. The average molecular weight is 445 g/mol. The molecule has 0 aromatic carbocycles. The van der Waals surface area contributed by atoms with Crippen LogP contribution in [0.4, 0.5) is 0 Å². The Labute approximate surface area is 196 Å². The zero-order chi connectivity index (χ0) is 22.9. The van der Waals surface area contributed by atoms with Crippen LogP contribution in [0.15, 0.2) is 0 Å². The highest BCUT2D eigenvalue weighted by molar-refractivity contribution is 5.66. The number of hydrogen-bond acceptors (Lipinski definition) is 3. The van der Waals surface area contributed by atoms with E-state index in [1.165, 1.54) is 64.2 Å². The van der Waals surface area contributed by atoms with Crippen LogP contribution in [-0.4, -0.2) is 23.8 Å². The molecule has 0 amide bonds. The molecule has 5 fully saturated rings. The van der Waals surface area contributed by atoms with E-state index in [2.05, 4.69) is 34.6 Å². The summed E-state index contributed by atoms with van der Waals surface area (Å²) in [6.45, 7) is 14.0. The van der Waals surface area contributed by atoms with Gasteiger partial charge in [0.25, 0.3) is 0 Å². The van der Waals surface area contributed by atoms with Gasteiger partial charge in [-0.15, -0.1) is 0 Å². The van der Waals surface area contributed by atoms with Gasteiger partial charge in [0.05, 0.1) is 6.10 Å². The molecule has 10 atom stereocenters. The molecule has 5 rings (SSSR count). The minimum Gasteiger partial charge on any atom is -0.462 e. The van der Waals surface area contributed by atoms with Gasteiger partial charge < -0.3 is 9.47 Å². The van der Waals surface area contributed by atoms with Gasteiger partial charge in [0, 0.05) is 24.7 Å². The summed E-state index contributed by atoms with van der Waals surface area (Å²) in [6, 6.07) is 0. The van der Waals surface area contributed by atoms with Crippen molar-refractivity contribution in [3.63, 3.8) is 0 Å². The molecule has 3 nitrogen and oxygen atoms in total. The van der Waals surface area contributed by atoms with E-state index < -0.39 is 0 Å². The Morgan fingerprint density at radius 2 is 1.81 bits per heavy atom. The van der Waals surface area contributed by atoms with Crippen molar-refractivity contribution in [1.29, 1.82) is 0 Å². The topological polar surface area (TPSA) is 38.8 Å². The number of esters is 1. The van der Waals surface area contributed by atoms with Gasteiger partial charge in [0.1, 0.15) is 11.7 Å². The quantitative estimate of drug-likeness (QED) is 0.322. The maximum Gasteiger partial charge on any atom is 0.302 e. The molecule has 0 bridgehead atoms. The van der Waals surface area contributed by atoms with Crippen molar-refractivity contribution >= 4 is 5.97 Å². The Balaban J connectivity index is 1.41. The van der Waals surface area contributed by atoms with E-state index in [0.717, 1.165) is 24.2 Å². The van der Waals surface area contributed by atoms with E-state index in [-0.39, 0.29) is 23.1 Å².